The average molecular weight is 142 g/mol. The van der Waals surface area contributed by atoms with Gasteiger partial charge >= 0.3 is 0 Å². The molecule has 0 spiro atoms. The first-order chi connectivity index (χ1) is 4.41. The topological polar surface area (TPSA) is 0 Å². The fourth-order valence-electron chi connectivity index (χ4n) is 0.892. The molecule has 0 heteroatoms. The molecule has 0 aliphatic heterocycles. The van der Waals surface area contributed by atoms with Crippen LogP contribution < -0.4 is 0 Å². The summed E-state index contributed by atoms with van der Waals surface area (Å²) in [6.07, 6.45) is 10.1. The van der Waals surface area contributed by atoms with Crippen LogP contribution in [0.3, 0.4) is 0 Å². The van der Waals surface area contributed by atoms with Crippen molar-refractivity contribution in [3.05, 3.63) is 12.7 Å². The van der Waals surface area contributed by atoms with E-state index in [-0.39, 0.29) is 7.43 Å². The van der Waals surface area contributed by atoms with Gasteiger partial charge < -0.3 is 0 Å². The Labute approximate surface area is 66.3 Å². The van der Waals surface area contributed by atoms with Gasteiger partial charge in [0.2, 0.25) is 0 Å². The highest BCUT2D eigenvalue weighted by atomic mass is 13.9. The third kappa shape index (κ3) is 10.7. The molecular weight excluding hydrogens is 120 g/mol. The maximum absolute atomic E-state index is 3.68. The molecule has 0 atom stereocenters. The van der Waals surface area contributed by atoms with Crippen LogP contribution >= 0.6 is 0 Å². The van der Waals surface area contributed by atoms with Gasteiger partial charge in [-0.1, -0.05) is 46.1 Å². The third-order valence-corrected chi connectivity index (χ3v) is 1.51. The molecule has 0 aliphatic rings. The molecule has 0 fully saturated rings. The third-order valence-electron chi connectivity index (χ3n) is 1.51. The van der Waals surface area contributed by atoms with Crippen LogP contribution in [0.2, 0.25) is 0 Å². The van der Waals surface area contributed by atoms with Crippen LogP contribution in [0, 0.1) is 0 Å². The number of allylic oxidation sites excluding steroid dienone is 1. The van der Waals surface area contributed by atoms with Crippen molar-refractivity contribution in [2.75, 3.05) is 0 Å². The molecule has 0 heterocycles. The van der Waals surface area contributed by atoms with Crippen LogP contribution in [0.25, 0.3) is 0 Å². The number of hydrogen-bond donors (Lipinski definition) is 0. The summed E-state index contributed by atoms with van der Waals surface area (Å²) in [6, 6.07) is 0. The molecule has 0 saturated carbocycles. The van der Waals surface area contributed by atoms with E-state index in [9.17, 15) is 0 Å². The van der Waals surface area contributed by atoms with Gasteiger partial charge in [0.1, 0.15) is 0 Å². The molecule has 10 heavy (non-hydrogen) atoms. The highest BCUT2D eigenvalue weighted by Crippen LogP contribution is 2.04. The van der Waals surface area contributed by atoms with Crippen molar-refractivity contribution >= 4 is 0 Å². The molecule has 62 valence electrons. The van der Waals surface area contributed by atoms with Crippen molar-refractivity contribution in [1.29, 1.82) is 0 Å². The molecule has 0 radical (unpaired) electrons. The van der Waals surface area contributed by atoms with Gasteiger partial charge in [-0.15, -0.1) is 6.58 Å². The summed E-state index contributed by atoms with van der Waals surface area (Å²) in [5, 5.41) is 0. The predicted molar refractivity (Wildman–Crippen MR) is 50.3 cm³/mol. The lowest BCUT2D eigenvalue weighted by atomic mass is 10.1. The molecule has 0 nitrogen and oxygen atoms in total. The first-order valence-electron chi connectivity index (χ1n) is 4.02. The highest BCUT2D eigenvalue weighted by Gasteiger charge is 1.84. The molecule has 0 aromatic heterocycles. The predicted octanol–water partition coefficient (Wildman–Crippen LogP) is 4.17. The largest absolute Gasteiger partial charge is 0.103 e. The Morgan fingerprint density at radius 2 is 1.70 bits per heavy atom. The standard InChI is InChI=1S/C9H18.CH4/c1-3-5-7-9-8-6-4-2;/h3H,1,4-9H2,2H3;1H4. The van der Waals surface area contributed by atoms with Crippen molar-refractivity contribution in [3.8, 4) is 0 Å². The van der Waals surface area contributed by atoms with E-state index in [1.165, 1.54) is 38.5 Å². The Balaban J connectivity index is 0. The first kappa shape index (κ1) is 12.4. The van der Waals surface area contributed by atoms with E-state index in [1.54, 1.807) is 0 Å². The molecule has 0 aromatic rings. The minimum absolute atomic E-state index is 0. The smallest absolute Gasteiger partial charge is 0.0353 e. The lowest BCUT2D eigenvalue weighted by molar-refractivity contribution is 0.638. The van der Waals surface area contributed by atoms with Crippen LogP contribution in [0.1, 0.15) is 52.9 Å². The van der Waals surface area contributed by atoms with Gasteiger partial charge in [-0.3, -0.25) is 0 Å². The van der Waals surface area contributed by atoms with Crippen molar-refractivity contribution in [2.24, 2.45) is 0 Å². The van der Waals surface area contributed by atoms with Gasteiger partial charge in [0.05, 0.1) is 0 Å². The Kier molecular flexibility index (Phi) is 14.3. The SMILES string of the molecule is C.C=CCCCCCCC. The maximum atomic E-state index is 3.68. The molecule has 0 N–H and O–H groups in total. The fourth-order valence-corrected chi connectivity index (χ4v) is 0.892. The van der Waals surface area contributed by atoms with E-state index in [2.05, 4.69) is 13.5 Å². The summed E-state index contributed by atoms with van der Waals surface area (Å²) < 4.78 is 0. The first-order valence-corrected chi connectivity index (χ1v) is 4.02. The molecule has 0 unspecified atom stereocenters. The second-order valence-electron chi connectivity index (χ2n) is 2.49. The molecular formula is C10H22. The number of hydrogen-bond acceptors (Lipinski definition) is 0. The Morgan fingerprint density at radius 1 is 1.10 bits per heavy atom. The van der Waals surface area contributed by atoms with Crippen molar-refractivity contribution < 1.29 is 0 Å². The van der Waals surface area contributed by atoms with Gasteiger partial charge in [-0.25, -0.2) is 0 Å². The second kappa shape index (κ2) is 11.5. The van der Waals surface area contributed by atoms with E-state index in [0.717, 1.165) is 0 Å². The van der Waals surface area contributed by atoms with E-state index in [0.29, 0.717) is 0 Å². The van der Waals surface area contributed by atoms with Gasteiger partial charge in [-0.2, -0.15) is 0 Å². The van der Waals surface area contributed by atoms with Crippen LogP contribution in [0.4, 0.5) is 0 Å². The zero-order valence-electron chi connectivity index (χ0n) is 6.53. The molecule has 0 aliphatic carbocycles. The Bertz CT molecular complexity index is 55.1. The summed E-state index contributed by atoms with van der Waals surface area (Å²) in [7, 11) is 0. The summed E-state index contributed by atoms with van der Waals surface area (Å²) in [5.41, 5.74) is 0. The summed E-state index contributed by atoms with van der Waals surface area (Å²) in [6.45, 7) is 5.92. The molecule has 0 saturated heterocycles. The van der Waals surface area contributed by atoms with Gasteiger partial charge in [0.15, 0.2) is 0 Å². The van der Waals surface area contributed by atoms with Crippen LogP contribution in [-0.4, -0.2) is 0 Å². The van der Waals surface area contributed by atoms with Gasteiger partial charge in [-0.05, 0) is 12.8 Å². The zero-order chi connectivity index (χ0) is 6.95. The van der Waals surface area contributed by atoms with Crippen LogP contribution in [-0.2, 0) is 0 Å². The minimum Gasteiger partial charge on any atom is -0.103 e. The van der Waals surface area contributed by atoms with Gasteiger partial charge in [0.25, 0.3) is 0 Å². The van der Waals surface area contributed by atoms with E-state index in [4.69, 9.17) is 0 Å². The quantitative estimate of drug-likeness (QED) is 0.385. The Hall–Kier alpha value is -0.260. The molecule has 0 amide bonds. The minimum atomic E-state index is 0. The second-order valence-corrected chi connectivity index (χ2v) is 2.49. The van der Waals surface area contributed by atoms with Gasteiger partial charge in [0, 0.05) is 0 Å². The van der Waals surface area contributed by atoms with E-state index in [1.807, 2.05) is 6.08 Å². The average Bonchev–Trinajstić information content (AvgIpc) is 1.89. The zero-order valence-corrected chi connectivity index (χ0v) is 6.53. The molecule has 0 bridgehead atoms. The van der Waals surface area contributed by atoms with Crippen LogP contribution in [0.15, 0.2) is 12.7 Å². The van der Waals surface area contributed by atoms with Crippen molar-refractivity contribution in [2.45, 2.75) is 52.9 Å². The van der Waals surface area contributed by atoms with E-state index >= 15 is 0 Å². The lowest BCUT2D eigenvalue weighted by Gasteiger charge is -1.94. The maximum Gasteiger partial charge on any atom is -0.0353 e. The monoisotopic (exact) mass is 142 g/mol. The number of unbranched alkanes of at least 4 members (excludes halogenated alkanes) is 5. The summed E-state index contributed by atoms with van der Waals surface area (Å²) in [5.74, 6) is 0. The fraction of sp³-hybridized carbons (Fsp3) is 0.800. The summed E-state index contributed by atoms with van der Waals surface area (Å²) >= 11 is 0. The van der Waals surface area contributed by atoms with Crippen molar-refractivity contribution in [1.82, 2.24) is 0 Å². The molecule has 0 rings (SSSR count). The highest BCUT2D eigenvalue weighted by molar-refractivity contribution is 4.65. The summed E-state index contributed by atoms with van der Waals surface area (Å²) in [4.78, 5) is 0. The van der Waals surface area contributed by atoms with Crippen molar-refractivity contribution in [3.63, 3.8) is 0 Å². The Morgan fingerprint density at radius 3 is 2.20 bits per heavy atom. The molecule has 0 aromatic carbocycles. The number of rotatable bonds is 6. The normalized spacial score (nSPS) is 8.50. The van der Waals surface area contributed by atoms with E-state index < -0.39 is 0 Å². The lowest BCUT2D eigenvalue weighted by Crippen LogP contribution is -1.74. The van der Waals surface area contributed by atoms with Crippen LogP contribution in [0.5, 0.6) is 0 Å².